The number of urea groups is 1. The molecule has 6 heteroatoms. The minimum absolute atomic E-state index is 0. The van der Waals surface area contributed by atoms with Gasteiger partial charge >= 0.3 is 6.03 Å². The Morgan fingerprint density at radius 3 is 2.71 bits per heavy atom. The average Bonchev–Trinajstić information content (AvgIpc) is 2.99. The van der Waals surface area contributed by atoms with E-state index in [-0.39, 0.29) is 23.9 Å². The first-order valence-corrected chi connectivity index (χ1v) is 8.37. The van der Waals surface area contributed by atoms with Crippen LogP contribution in [0.5, 0.6) is 5.75 Å². The second-order valence-corrected chi connectivity index (χ2v) is 7.13. The van der Waals surface area contributed by atoms with Crippen LogP contribution in [0.25, 0.3) is 0 Å². The SMILES string of the molecule is COc1ccc(C(C)(C)C)cc1NC(=O)NCC[C@H]1CCCN1.Cl. The Morgan fingerprint density at radius 2 is 2.12 bits per heavy atom. The molecule has 0 aromatic heterocycles. The third-order valence-electron chi connectivity index (χ3n) is 4.25. The van der Waals surface area contributed by atoms with Crippen LogP contribution in [-0.4, -0.2) is 32.3 Å². The van der Waals surface area contributed by atoms with E-state index in [9.17, 15) is 4.79 Å². The lowest BCUT2D eigenvalue weighted by Gasteiger charge is -2.21. The number of carbonyl (C=O) groups is 1. The fourth-order valence-electron chi connectivity index (χ4n) is 2.80. The highest BCUT2D eigenvalue weighted by molar-refractivity contribution is 5.91. The topological polar surface area (TPSA) is 62.4 Å². The van der Waals surface area contributed by atoms with Gasteiger partial charge in [0.05, 0.1) is 12.8 Å². The third-order valence-corrected chi connectivity index (χ3v) is 4.25. The van der Waals surface area contributed by atoms with Crippen LogP contribution < -0.4 is 20.7 Å². The van der Waals surface area contributed by atoms with Crippen LogP contribution in [0, 0.1) is 0 Å². The highest BCUT2D eigenvalue weighted by atomic mass is 35.5. The Bertz CT molecular complexity index is 538. The Hall–Kier alpha value is -1.46. The first-order valence-electron chi connectivity index (χ1n) is 8.37. The molecule has 1 heterocycles. The average molecular weight is 356 g/mol. The number of benzene rings is 1. The molecule has 1 aromatic rings. The van der Waals surface area contributed by atoms with E-state index in [1.54, 1.807) is 7.11 Å². The summed E-state index contributed by atoms with van der Waals surface area (Å²) in [5, 5.41) is 9.26. The predicted molar refractivity (Wildman–Crippen MR) is 102 cm³/mol. The quantitative estimate of drug-likeness (QED) is 0.755. The van der Waals surface area contributed by atoms with Crippen molar-refractivity contribution in [3.8, 4) is 5.75 Å². The van der Waals surface area contributed by atoms with Crippen molar-refractivity contribution in [2.45, 2.75) is 51.5 Å². The van der Waals surface area contributed by atoms with Crippen molar-refractivity contribution in [2.24, 2.45) is 0 Å². The van der Waals surface area contributed by atoms with Crippen LogP contribution in [0.15, 0.2) is 18.2 Å². The maximum atomic E-state index is 12.1. The van der Waals surface area contributed by atoms with Crippen LogP contribution in [0.3, 0.4) is 0 Å². The van der Waals surface area contributed by atoms with Gasteiger partial charge in [-0.2, -0.15) is 0 Å². The van der Waals surface area contributed by atoms with E-state index in [4.69, 9.17) is 4.74 Å². The number of rotatable bonds is 5. The van der Waals surface area contributed by atoms with Gasteiger partial charge in [0.15, 0.2) is 0 Å². The van der Waals surface area contributed by atoms with Gasteiger partial charge in [-0.3, -0.25) is 0 Å². The van der Waals surface area contributed by atoms with Gasteiger partial charge in [-0.05, 0) is 48.9 Å². The van der Waals surface area contributed by atoms with E-state index in [1.807, 2.05) is 18.2 Å². The zero-order valence-electron chi connectivity index (χ0n) is 15.1. The minimum Gasteiger partial charge on any atom is -0.495 e. The number of nitrogens with one attached hydrogen (secondary N) is 3. The number of hydrogen-bond donors (Lipinski definition) is 3. The number of carbonyl (C=O) groups excluding carboxylic acids is 1. The standard InChI is InChI=1S/C18H29N3O2.ClH/c1-18(2,3)13-7-8-16(23-4)15(12-13)21-17(22)20-11-9-14-6-5-10-19-14;/h7-8,12,14,19H,5-6,9-11H2,1-4H3,(H2,20,21,22);1H/t14-;/m1./s1. The zero-order chi connectivity index (χ0) is 16.9. The smallest absolute Gasteiger partial charge is 0.319 e. The van der Waals surface area contributed by atoms with Gasteiger partial charge in [0.2, 0.25) is 0 Å². The van der Waals surface area contributed by atoms with Crippen molar-refractivity contribution >= 4 is 24.1 Å². The molecule has 1 saturated heterocycles. The molecule has 0 radical (unpaired) electrons. The summed E-state index contributed by atoms with van der Waals surface area (Å²) in [5.41, 5.74) is 1.88. The molecule has 1 fully saturated rings. The molecule has 3 N–H and O–H groups in total. The van der Waals surface area contributed by atoms with E-state index >= 15 is 0 Å². The van der Waals surface area contributed by atoms with Crippen molar-refractivity contribution in [3.63, 3.8) is 0 Å². The van der Waals surface area contributed by atoms with Crippen LogP contribution in [-0.2, 0) is 5.41 Å². The van der Waals surface area contributed by atoms with Crippen molar-refractivity contribution in [1.29, 1.82) is 0 Å². The molecule has 0 bridgehead atoms. The number of ether oxygens (including phenoxy) is 1. The lowest BCUT2D eigenvalue weighted by molar-refractivity contribution is 0.251. The summed E-state index contributed by atoms with van der Waals surface area (Å²) in [6.45, 7) is 8.20. The van der Waals surface area contributed by atoms with E-state index in [0.29, 0.717) is 24.0 Å². The van der Waals surface area contributed by atoms with E-state index in [1.165, 1.54) is 12.8 Å². The number of halogens is 1. The Kier molecular flexibility index (Phi) is 7.84. The molecule has 1 aliphatic rings. The van der Waals surface area contributed by atoms with Gasteiger partial charge in [-0.1, -0.05) is 26.8 Å². The highest BCUT2D eigenvalue weighted by Gasteiger charge is 2.17. The Balaban J connectivity index is 0.00000288. The molecule has 1 aliphatic heterocycles. The summed E-state index contributed by atoms with van der Waals surface area (Å²) in [6.07, 6.45) is 3.39. The van der Waals surface area contributed by atoms with Gasteiger partial charge in [0.1, 0.15) is 5.75 Å². The largest absolute Gasteiger partial charge is 0.495 e. The summed E-state index contributed by atoms with van der Waals surface area (Å²) >= 11 is 0. The molecule has 2 amide bonds. The van der Waals surface area contributed by atoms with Gasteiger partial charge < -0.3 is 20.7 Å². The van der Waals surface area contributed by atoms with Crippen molar-refractivity contribution < 1.29 is 9.53 Å². The predicted octanol–water partition coefficient (Wildman–Crippen LogP) is 3.68. The molecule has 0 aliphatic carbocycles. The summed E-state index contributed by atoms with van der Waals surface area (Å²) < 4.78 is 5.35. The van der Waals surface area contributed by atoms with Gasteiger partial charge in [0.25, 0.3) is 0 Å². The molecule has 0 spiro atoms. The molecule has 136 valence electrons. The summed E-state index contributed by atoms with van der Waals surface area (Å²) in [7, 11) is 1.61. The monoisotopic (exact) mass is 355 g/mol. The molecule has 1 atom stereocenters. The van der Waals surface area contributed by atoms with Crippen LogP contribution in [0.2, 0.25) is 0 Å². The van der Waals surface area contributed by atoms with Crippen molar-refractivity contribution in [3.05, 3.63) is 23.8 Å². The number of methoxy groups -OCH3 is 1. The fourth-order valence-corrected chi connectivity index (χ4v) is 2.80. The molecule has 0 saturated carbocycles. The van der Waals surface area contributed by atoms with E-state index < -0.39 is 0 Å². The Labute approximate surface area is 151 Å². The number of anilines is 1. The lowest BCUT2D eigenvalue weighted by Crippen LogP contribution is -2.33. The van der Waals surface area contributed by atoms with Gasteiger partial charge in [-0.25, -0.2) is 4.79 Å². The van der Waals surface area contributed by atoms with Crippen LogP contribution >= 0.6 is 12.4 Å². The fraction of sp³-hybridized carbons (Fsp3) is 0.611. The molecule has 5 nitrogen and oxygen atoms in total. The molecular weight excluding hydrogens is 326 g/mol. The van der Waals surface area contributed by atoms with Crippen molar-refractivity contribution in [1.82, 2.24) is 10.6 Å². The third kappa shape index (κ3) is 5.87. The van der Waals surface area contributed by atoms with Gasteiger partial charge in [-0.15, -0.1) is 12.4 Å². The van der Waals surface area contributed by atoms with E-state index in [2.05, 4.69) is 36.7 Å². The minimum atomic E-state index is -0.188. The summed E-state index contributed by atoms with van der Waals surface area (Å²) in [6, 6.07) is 6.27. The number of hydrogen-bond acceptors (Lipinski definition) is 3. The Morgan fingerprint density at radius 1 is 1.38 bits per heavy atom. The first-order chi connectivity index (χ1) is 10.9. The zero-order valence-corrected chi connectivity index (χ0v) is 15.9. The first kappa shape index (κ1) is 20.6. The highest BCUT2D eigenvalue weighted by Crippen LogP contribution is 2.31. The molecular formula is C18H30ClN3O2. The van der Waals surface area contributed by atoms with Crippen molar-refractivity contribution in [2.75, 3.05) is 25.5 Å². The molecule has 0 unspecified atom stereocenters. The lowest BCUT2D eigenvalue weighted by atomic mass is 9.87. The molecule has 2 rings (SSSR count). The van der Waals surface area contributed by atoms with Gasteiger partial charge in [0, 0.05) is 12.6 Å². The second-order valence-electron chi connectivity index (χ2n) is 7.13. The maximum absolute atomic E-state index is 12.1. The maximum Gasteiger partial charge on any atom is 0.319 e. The van der Waals surface area contributed by atoms with Crippen LogP contribution in [0.1, 0.15) is 45.6 Å². The van der Waals surface area contributed by atoms with Crippen LogP contribution in [0.4, 0.5) is 10.5 Å². The normalized spacial score (nSPS) is 17.1. The summed E-state index contributed by atoms with van der Waals surface area (Å²) in [4.78, 5) is 12.1. The number of amides is 2. The summed E-state index contributed by atoms with van der Waals surface area (Å²) in [5.74, 6) is 0.672. The second kappa shape index (κ2) is 9.14. The van der Waals surface area contributed by atoms with E-state index in [0.717, 1.165) is 18.5 Å². The molecule has 24 heavy (non-hydrogen) atoms. The molecule has 1 aromatic carbocycles.